The zero-order valence-electron chi connectivity index (χ0n) is 14.7. The predicted molar refractivity (Wildman–Crippen MR) is 96.0 cm³/mol. The number of carbonyl (C=O) groups excluding carboxylic acids is 1. The molecule has 4 rings (SSSR count). The molecule has 2 aliphatic heterocycles. The lowest BCUT2D eigenvalue weighted by molar-refractivity contribution is -0.139. The summed E-state index contributed by atoms with van der Waals surface area (Å²) in [6.07, 6.45) is 5.60. The van der Waals surface area contributed by atoms with Crippen molar-refractivity contribution in [3.63, 3.8) is 0 Å². The summed E-state index contributed by atoms with van der Waals surface area (Å²) in [5, 5.41) is 0. The number of aromatic nitrogens is 2. The molecular formula is C20H25N3O2. The second kappa shape index (κ2) is 7.00. The molecule has 0 radical (unpaired) electrons. The second-order valence-electron chi connectivity index (χ2n) is 7.13. The molecule has 0 saturated carbocycles. The zero-order chi connectivity index (χ0) is 17.2. The van der Waals surface area contributed by atoms with Crippen LogP contribution in [0.5, 0.6) is 0 Å². The third-order valence-electron chi connectivity index (χ3n) is 5.35. The van der Waals surface area contributed by atoms with Gasteiger partial charge in [0.2, 0.25) is 5.91 Å². The summed E-state index contributed by atoms with van der Waals surface area (Å²) in [7, 11) is 0. The van der Waals surface area contributed by atoms with Gasteiger partial charge in [0.15, 0.2) is 0 Å². The molecule has 1 atom stereocenters. The fourth-order valence-electron chi connectivity index (χ4n) is 3.96. The summed E-state index contributed by atoms with van der Waals surface area (Å²) >= 11 is 0. The highest BCUT2D eigenvalue weighted by Crippen LogP contribution is 2.34. The first-order valence-electron chi connectivity index (χ1n) is 9.22. The van der Waals surface area contributed by atoms with E-state index >= 15 is 0 Å². The number of H-pyrrole nitrogens is 1. The molecule has 0 spiro atoms. The Balaban J connectivity index is 1.53. The molecule has 5 nitrogen and oxygen atoms in total. The maximum atomic E-state index is 12.9. The minimum absolute atomic E-state index is 0.0777. The van der Waals surface area contributed by atoms with Gasteiger partial charge in [-0.15, -0.1) is 0 Å². The van der Waals surface area contributed by atoms with Gasteiger partial charge < -0.3 is 14.6 Å². The van der Waals surface area contributed by atoms with Gasteiger partial charge in [-0.05, 0) is 44.2 Å². The molecule has 2 saturated heterocycles. The zero-order valence-corrected chi connectivity index (χ0v) is 14.7. The number of nitrogens with one attached hydrogen (secondary N) is 1. The number of aromatic amines is 1. The molecule has 5 heteroatoms. The van der Waals surface area contributed by atoms with Crippen molar-refractivity contribution >= 4 is 5.91 Å². The summed E-state index contributed by atoms with van der Waals surface area (Å²) in [5.41, 5.74) is 3.38. The predicted octanol–water partition coefficient (Wildman–Crippen LogP) is 3.48. The number of rotatable bonds is 3. The Labute approximate surface area is 148 Å². The van der Waals surface area contributed by atoms with Gasteiger partial charge in [0, 0.05) is 25.7 Å². The summed E-state index contributed by atoms with van der Waals surface area (Å²) < 4.78 is 5.40. The topological polar surface area (TPSA) is 58.2 Å². The Morgan fingerprint density at radius 3 is 2.92 bits per heavy atom. The van der Waals surface area contributed by atoms with Crippen LogP contribution in [-0.4, -0.2) is 40.5 Å². The van der Waals surface area contributed by atoms with Crippen LogP contribution in [0.4, 0.5) is 0 Å². The van der Waals surface area contributed by atoms with Crippen LogP contribution in [0.3, 0.4) is 0 Å². The molecule has 1 N–H and O–H groups in total. The van der Waals surface area contributed by atoms with E-state index in [0.29, 0.717) is 13.2 Å². The number of amides is 1. The van der Waals surface area contributed by atoms with Crippen LogP contribution < -0.4 is 0 Å². The quantitative estimate of drug-likeness (QED) is 0.931. The molecule has 2 fully saturated rings. The normalized spacial score (nSPS) is 21.6. The van der Waals surface area contributed by atoms with Gasteiger partial charge in [0.05, 0.1) is 17.9 Å². The van der Waals surface area contributed by atoms with Gasteiger partial charge in [0.25, 0.3) is 0 Å². The Hall–Kier alpha value is -2.14. The number of carbonyl (C=O) groups is 1. The standard InChI is InChI=1S/C20H25N3O2/c1-14-4-2-5-16(12-14)17-13-21-19(22-17)18-6-3-9-23(18)20(24)15-7-10-25-11-8-15/h2,4-5,12-13,15,18H,3,6-11H2,1H3,(H,21,22)/t18-/m1/s1. The Morgan fingerprint density at radius 2 is 2.12 bits per heavy atom. The minimum atomic E-state index is 0.0777. The number of ether oxygens (including phenoxy) is 1. The molecule has 25 heavy (non-hydrogen) atoms. The van der Waals surface area contributed by atoms with Crippen molar-refractivity contribution in [1.82, 2.24) is 14.9 Å². The van der Waals surface area contributed by atoms with E-state index in [1.54, 1.807) is 0 Å². The van der Waals surface area contributed by atoms with Crippen molar-refractivity contribution in [2.75, 3.05) is 19.8 Å². The first kappa shape index (κ1) is 16.3. The maximum absolute atomic E-state index is 12.9. The number of hydrogen-bond donors (Lipinski definition) is 1. The van der Waals surface area contributed by atoms with Crippen molar-refractivity contribution < 1.29 is 9.53 Å². The molecule has 1 amide bonds. The SMILES string of the molecule is Cc1cccc(-c2cnc([C@H]3CCCN3C(=O)C3CCOCC3)[nH]2)c1. The molecule has 3 heterocycles. The molecule has 2 aromatic rings. The molecule has 0 aliphatic carbocycles. The van der Waals surface area contributed by atoms with E-state index < -0.39 is 0 Å². The summed E-state index contributed by atoms with van der Waals surface area (Å²) in [4.78, 5) is 23.0. The van der Waals surface area contributed by atoms with Crippen molar-refractivity contribution in [2.24, 2.45) is 5.92 Å². The van der Waals surface area contributed by atoms with Crippen LogP contribution in [-0.2, 0) is 9.53 Å². The van der Waals surface area contributed by atoms with Gasteiger partial charge >= 0.3 is 0 Å². The van der Waals surface area contributed by atoms with Gasteiger partial charge in [0.1, 0.15) is 5.82 Å². The van der Waals surface area contributed by atoms with E-state index in [2.05, 4.69) is 41.2 Å². The number of likely N-dealkylation sites (tertiary alicyclic amines) is 1. The number of imidazole rings is 1. The van der Waals surface area contributed by atoms with Crippen LogP contribution in [0.1, 0.15) is 43.1 Å². The molecule has 0 unspecified atom stereocenters. The van der Waals surface area contributed by atoms with Gasteiger partial charge in [-0.2, -0.15) is 0 Å². The van der Waals surface area contributed by atoms with Crippen molar-refractivity contribution in [3.8, 4) is 11.3 Å². The highest BCUT2D eigenvalue weighted by molar-refractivity contribution is 5.79. The van der Waals surface area contributed by atoms with E-state index in [-0.39, 0.29) is 17.9 Å². The van der Waals surface area contributed by atoms with Crippen molar-refractivity contribution in [3.05, 3.63) is 41.9 Å². The Morgan fingerprint density at radius 1 is 1.28 bits per heavy atom. The first-order chi connectivity index (χ1) is 12.2. The number of aryl methyl sites for hydroxylation is 1. The number of benzene rings is 1. The molecule has 1 aromatic heterocycles. The van der Waals surface area contributed by atoms with Gasteiger partial charge in [-0.25, -0.2) is 4.98 Å². The van der Waals surface area contributed by atoms with E-state index in [1.807, 2.05) is 11.1 Å². The van der Waals surface area contributed by atoms with Crippen LogP contribution in [0.25, 0.3) is 11.3 Å². The summed E-state index contributed by atoms with van der Waals surface area (Å²) in [6, 6.07) is 8.46. The Bertz CT molecular complexity index is 749. The monoisotopic (exact) mass is 339 g/mol. The molecule has 1 aromatic carbocycles. The van der Waals surface area contributed by atoms with Gasteiger partial charge in [-0.1, -0.05) is 23.8 Å². The smallest absolute Gasteiger partial charge is 0.226 e. The average Bonchev–Trinajstić information content (AvgIpc) is 3.31. The maximum Gasteiger partial charge on any atom is 0.226 e. The lowest BCUT2D eigenvalue weighted by Crippen LogP contribution is -2.38. The van der Waals surface area contributed by atoms with Gasteiger partial charge in [-0.3, -0.25) is 4.79 Å². The highest BCUT2D eigenvalue weighted by Gasteiger charge is 2.35. The third kappa shape index (κ3) is 3.33. The largest absolute Gasteiger partial charge is 0.381 e. The fourth-order valence-corrected chi connectivity index (χ4v) is 3.96. The minimum Gasteiger partial charge on any atom is -0.381 e. The second-order valence-corrected chi connectivity index (χ2v) is 7.13. The van der Waals surface area contributed by atoms with Crippen molar-refractivity contribution in [1.29, 1.82) is 0 Å². The molecule has 132 valence electrons. The highest BCUT2D eigenvalue weighted by atomic mass is 16.5. The van der Waals surface area contributed by atoms with E-state index in [4.69, 9.17) is 4.74 Å². The summed E-state index contributed by atoms with van der Waals surface area (Å²) in [5.74, 6) is 1.30. The molecule has 0 bridgehead atoms. The molecule has 2 aliphatic rings. The summed E-state index contributed by atoms with van der Waals surface area (Å²) in [6.45, 7) is 4.33. The number of nitrogens with zero attached hydrogens (tertiary/aromatic N) is 2. The van der Waals surface area contributed by atoms with Crippen LogP contribution in [0.2, 0.25) is 0 Å². The lowest BCUT2D eigenvalue weighted by Gasteiger charge is -2.29. The van der Waals surface area contributed by atoms with Crippen LogP contribution >= 0.6 is 0 Å². The third-order valence-corrected chi connectivity index (χ3v) is 5.35. The first-order valence-corrected chi connectivity index (χ1v) is 9.22. The Kier molecular flexibility index (Phi) is 4.57. The van der Waals surface area contributed by atoms with E-state index in [9.17, 15) is 4.79 Å². The molecular weight excluding hydrogens is 314 g/mol. The van der Waals surface area contributed by atoms with Crippen molar-refractivity contribution in [2.45, 2.75) is 38.6 Å². The fraction of sp³-hybridized carbons (Fsp3) is 0.500. The van der Waals surface area contributed by atoms with E-state index in [0.717, 1.165) is 49.3 Å². The average molecular weight is 339 g/mol. The number of hydrogen-bond acceptors (Lipinski definition) is 3. The lowest BCUT2D eigenvalue weighted by atomic mass is 9.98. The van der Waals surface area contributed by atoms with E-state index in [1.165, 1.54) is 5.56 Å². The van der Waals surface area contributed by atoms with Crippen LogP contribution in [0, 0.1) is 12.8 Å². The van der Waals surface area contributed by atoms with Crippen LogP contribution in [0.15, 0.2) is 30.5 Å².